The molecule has 3 N–H and O–H groups in total. The van der Waals surface area contributed by atoms with Crippen LogP contribution in [-0.2, 0) is 65.4 Å². The first kappa shape index (κ1) is 99.1. The van der Waals surface area contributed by atoms with Crippen LogP contribution in [0.5, 0.6) is 0 Å². The van der Waals surface area contributed by atoms with Crippen molar-refractivity contribution in [3.8, 4) is 0 Å². The normalized spacial score (nSPS) is 13.9. The topological polar surface area (TPSA) is 237 Å². The van der Waals surface area contributed by atoms with Gasteiger partial charge in [0.2, 0.25) is 0 Å². The second kappa shape index (κ2) is 73.6. The molecule has 600 valence electrons. The van der Waals surface area contributed by atoms with E-state index in [1.807, 2.05) is 0 Å². The molecule has 0 rings (SSSR count). The SMILES string of the molecule is CCCCCCCCCCCCCCCCCCCCCCCC(=O)O[C@H](COC(=O)CCCCCCCCCCCCCCCCCCCC)COP(=O)(O)OC[C@@H](O)COP(=O)(O)OC[C@@H](COC(=O)CCCCCCCCC(C)C)OC(=O)CCCCCCCCCCCCC(C)C. The summed E-state index contributed by atoms with van der Waals surface area (Å²) in [6.45, 7) is 9.54. The average molecular weight is 1480 g/mol. The van der Waals surface area contributed by atoms with Gasteiger partial charge in [0, 0.05) is 25.7 Å². The summed E-state index contributed by atoms with van der Waals surface area (Å²) in [4.78, 5) is 73.0. The molecule has 101 heavy (non-hydrogen) atoms. The van der Waals surface area contributed by atoms with Gasteiger partial charge < -0.3 is 33.8 Å². The Morgan fingerprint density at radius 1 is 0.267 bits per heavy atom. The molecular formula is C82H160O17P2. The van der Waals surface area contributed by atoms with Gasteiger partial charge in [0.05, 0.1) is 26.4 Å². The van der Waals surface area contributed by atoms with Gasteiger partial charge in [-0.2, -0.15) is 0 Å². The zero-order valence-corrected chi connectivity index (χ0v) is 68.0. The van der Waals surface area contributed by atoms with Gasteiger partial charge in [0.15, 0.2) is 12.2 Å². The third kappa shape index (κ3) is 76.1. The summed E-state index contributed by atoms with van der Waals surface area (Å²) in [6, 6.07) is 0. The number of carbonyl (C=O) groups excluding carboxylic acids is 4. The zero-order valence-electron chi connectivity index (χ0n) is 66.2. The molecule has 0 heterocycles. The monoisotopic (exact) mass is 1480 g/mol. The number of hydrogen-bond donors (Lipinski definition) is 3. The van der Waals surface area contributed by atoms with Crippen LogP contribution in [0.4, 0.5) is 0 Å². The second-order valence-electron chi connectivity index (χ2n) is 30.5. The first-order valence-corrected chi connectivity index (χ1v) is 45.5. The summed E-state index contributed by atoms with van der Waals surface area (Å²) in [5.41, 5.74) is 0. The smallest absolute Gasteiger partial charge is 0.462 e. The molecule has 17 nitrogen and oxygen atoms in total. The van der Waals surface area contributed by atoms with Crippen molar-refractivity contribution in [2.75, 3.05) is 39.6 Å². The van der Waals surface area contributed by atoms with Crippen molar-refractivity contribution in [3.05, 3.63) is 0 Å². The van der Waals surface area contributed by atoms with E-state index in [1.54, 1.807) is 0 Å². The molecule has 5 atom stereocenters. The van der Waals surface area contributed by atoms with Crippen molar-refractivity contribution in [1.29, 1.82) is 0 Å². The van der Waals surface area contributed by atoms with Crippen molar-refractivity contribution in [2.24, 2.45) is 11.8 Å². The van der Waals surface area contributed by atoms with Gasteiger partial charge in [0.25, 0.3) is 0 Å². The number of aliphatic hydroxyl groups is 1. The maximum Gasteiger partial charge on any atom is 0.472 e. The van der Waals surface area contributed by atoms with E-state index in [-0.39, 0.29) is 25.7 Å². The van der Waals surface area contributed by atoms with Gasteiger partial charge in [-0.1, -0.05) is 382 Å². The van der Waals surface area contributed by atoms with Crippen LogP contribution in [0.1, 0.15) is 433 Å². The number of ether oxygens (including phenoxy) is 4. The number of carbonyl (C=O) groups is 4. The van der Waals surface area contributed by atoms with Crippen LogP contribution in [0.15, 0.2) is 0 Å². The molecule has 0 amide bonds. The fourth-order valence-electron chi connectivity index (χ4n) is 12.7. The number of rotatable bonds is 81. The summed E-state index contributed by atoms with van der Waals surface area (Å²) in [6.07, 6.45) is 64.2. The van der Waals surface area contributed by atoms with E-state index in [4.69, 9.17) is 37.0 Å². The number of aliphatic hydroxyl groups excluding tert-OH is 1. The largest absolute Gasteiger partial charge is 0.472 e. The number of esters is 4. The Morgan fingerprint density at radius 3 is 0.673 bits per heavy atom. The molecule has 0 fully saturated rings. The van der Waals surface area contributed by atoms with Crippen LogP contribution in [-0.4, -0.2) is 96.7 Å². The van der Waals surface area contributed by atoms with Gasteiger partial charge in [-0.3, -0.25) is 37.3 Å². The van der Waals surface area contributed by atoms with E-state index >= 15 is 0 Å². The highest BCUT2D eigenvalue weighted by Crippen LogP contribution is 2.45. The average Bonchev–Trinajstić information content (AvgIpc) is 0.938. The third-order valence-electron chi connectivity index (χ3n) is 19.2. The van der Waals surface area contributed by atoms with Crippen molar-refractivity contribution < 1.29 is 80.2 Å². The summed E-state index contributed by atoms with van der Waals surface area (Å²) in [7, 11) is -9.92. The Hall–Kier alpha value is -1.94. The molecule has 2 unspecified atom stereocenters. The Morgan fingerprint density at radius 2 is 0.455 bits per heavy atom. The molecule has 0 bridgehead atoms. The Bertz CT molecular complexity index is 1940. The lowest BCUT2D eigenvalue weighted by molar-refractivity contribution is -0.161. The highest BCUT2D eigenvalue weighted by molar-refractivity contribution is 7.47. The molecule has 0 radical (unpaired) electrons. The van der Waals surface area contributed by atoms with Crippen molar-refractivity contribution >= 4 is 39.5 Å². The maximum atomic E-state index is 13.1. The number of phosphoric ester groups is 2. The van der Waals surface area contributed by atoms with E-state index in [2.05, 4.69) is 41.5 Å². The fourth-order valence-corrected chi connectivity index (χ4v) is 14.3. The molecular weight excluding hydrogens is 1320 g/mol. The molecule has 0 aromatic heterocycles. The first-order valence-electron chi connectivity index (χ1n) is 42.5. The number of hydrogen-bond acceptors (Lipinski definition) is 15. The zero-order chi connectivity index (χ0) is 74.2. The minimum Gasteiger partial charge on any atom is -0.462 e. The lowest BCUT2D eigenvalue weighted by Gasteiger charge is -2.21. The van der Waals surface area contributed by atoms with Crippen molar-refractivity contribution in [3.63, 3.8) is 0 Å². The first-order chi connectivity index (χ1) is 48.9. The Balaban J connectivity index is 5.20. The lowest BCUT2D eigenvalue weighted by Crippen LogP contribution is -2.30. The van der Waals surface area contributed by atoms with Crippen LogP contribution < -0.4 is 0 Å². The van der Waals surface area contributed by atoms with Crippen LogP contribution >= 0.6 is 15.6 Å². The van der Waals surface area contributed by atoms with Crippen molar-refractivity contribution in [2.45, 2.75) is 452 Å². The lowest BCUT2D eigenvalue weighted by atomic mass is 10.0. The Labute approximate surface area is 619 Å². The van der Waals surface area contributed by atoms with E-state index < -0.39 is 97.5 Å². The van der Waals surface area contributed by atoms with E-state index in [0.717, 1.165) is 102 Å². The van der Waals surface area contributed by atoms with E-state index in [0.29, 0.717) is 31.6 Å². The molecule has 0 saturated heterocycles. The van der Waals surface area contributed by atoms with Gasteiger partial charge in [0.1, 0.15) is 19.3 Å². The van der Waals surface area contributed by atoms with Crippen LogP contribution in [0.2, 0.25) is 0 Å². The fraction of sp³-hybridized carbons (Fsp3) is 0.951. The second-order valence-corrected chi connectivity index (χ2v) is 33.4. The van der Waals surface area contributed by atoms with Gasteiger partial charge in [-0.25, -0.2) is 9.13 Å². The minimum atomic E-state index is -4.96. The highest BCUT2D eigenvalue weighted by atomic mass is 31.2. The van der Waals surface area contributed by atoms with Crippen LogP contribution in [0.3, 0.4) is 0 Å². The highest BCUT2D eigenvalue weighted by Gasteiger charge is 2.30. The molecule has 0 spiro atoms. The Kier molecular flexibility index (Phi) is 72.2. The quantitative estimate of drug-likeness (QED) is 0.0222. The molecule has 19 heteroatoms. The van der Waals surface area contributed by atoms with E-state index in [9.17, 15) is 43.2 Å². The standard InChI is InChI=1S/C82H160O17P2/c1-7-9-11-13-15-17-19-21-23-25-27-28-29-31-33-35-37-42-46-54-60-66-81(86)98-77(70-92-79(84)64-58-52-45-41-36-34-32-30-26-24-22-20-18-16-14-12-10-8-2)72-96-100(88,89)94-68-76(83)69-95-101(90,91)97-73-78(71-93-80(85)65-59-53-49-48-51-57-63-75(5)6)99-82(87)67-61-55-47-43-39-38-40-44-50-56-62-74(3)4/h74-78,83H,7-73H2,1-6H3,(H,88,89)(H,90,91)/t76-,77-,78-/m1/s1. The summed E-state index contributed by atoms with van der Waals surface area (Å²) in [5.74, 6) is -0.680. The van der Waals surface area contributed by atoms with Crippen LogP contribution in [0, 0.1) is 11.8 Å². The molecule has 0 aliphatic heterocycles. The van der Waals surface area contributed by atoms with Gasteiger partial charge in [-0.15, -0.1) is 0 Å². The predicted octanol–water partition coefficient (Wildman–Crippen LogP) is 24.7. The summed E-state index contributed by atoms with van der Waals surface area (Å²) < 4.78 is 68.7. The number of phosphoric acid groups is 2. The number of unbranched alkanes of at least 4 members (excludes halogenated alkanes) is 51. The molecule has 0 saturated carbocycles. The summed E-state index contributed by atoms with van der Waals surface area (Å²) in [5, 5.41) is 10.6. The maximum absolute atomic E-state index is 13.1. The predicted molar refractivity (Wildman–Crippen MR) is 414 cm³/mol. The minimum absolute atomic E-state index is 0.105. The molecule has 0 aromatic carbocycles. The molecule has 0 aliphatic carbocycles. The van der Waals surface area contributed by atoms with E-state index in [1.165, 1.54) is 244 Å². The molecule has 0 aliphatic rings. The molecule has 0 aromatic rings. The van der Waals surface area contributed by atoms with Gasteiger partial charge >= 0.3 is 39.5 Å². The summed E-state index contributed by atoms with van der Waals surface area (Å²) >= 11 is 0. The third-order valence-corrected chi connectivity index (χ3v) is 21.1. The van der Waals surface area contributed by atoms with Gasteiger partial charge in [-0.05, 0) is 37.5 Å². The van der Waals surface area contributed by atoms with Crippen molar-refractivity contribution in [1.82, 2.24) is 0 Å². The van der Waals surface area contributed by atoms with Crippen LogP contribution in [0.25, 0.3) is 0 Å².